The summed E-state index contributed by atoms with van der Waals surface area (Å²) in [6.07, 6.45) is 0.393. The van der Waals surface area contributed by atoms with E-state index in [-0.39, 0.29) is 10.9 Å². The Kier molecular flexibility index (Phi) is 2.06. The molecule has 0 aromatic rings. The molecular formula is C4H8ClNO3. The van der Waals surface area contributed by atoms with Crippen molar-refractivity contribution in [2.75, 3.05) is 0 Å². The Morgan fingerprint density at radius 1 is 1.89 bits per heavy atom. The number of aliphatic carboxylic acids is 1. The van der Waals surface area contributed by atoms with Crippen LogP contribution in [0.4, 0.5) is 0 Å². The molecule has 0 spiro atoms. The molecule has 5 N–H and O–H groups in total. The van der Waals surface area contributed by atoms with E-state index in [1.807, 2.05) is 0 Å². The van der Waals surface area contributed by atoms with Gasteiger partial charge < -0.3 is 16.3 Å². The van der Waals surface area contributed by atoms with Crippen molar-refractivity contribution in [3.05, 3.63) is 0 Å². The number of hydrogen-bond acceptors (Lipinski definition) is 2. The van der Waals surface area contributed by atoms with Gasteiger partial charge in [0.1, 0.15) is 5.54 Å². The van der Waals surface area contributed by atoms with Crippen LogP contribution in [-0.2, 0) is 4.79 Å². The van der Waals surface area contributed by atoms with Crippen molar-refractivity contribution < 1.29 is 15.4 Å². The zero-order valence-electron chi connectivity index (χ0n) is 4.60. The quantitative estimate of drug-likeness (QED) is 0.471. The van der Waals surface area contributed by atoms with Gasteiger partial charge in [-0.3, -0.25) is 4.79 Å². The number of carboxylic acid groups (broad SMARTS) is 1. The van der Waals surface area contributed by atoms with Gasteiger partial charge in [-0.15, -0.1) is 11.6 Å². The van der Waals surface area contributed by atoms with Crippen LogP contribution < -0.4 is 5.73 Å². The number of nitrogens with two attached hydrogens (primary N) is 1. The van der Waals surface area contributed by atoms with Gasteiger partial charge in [0.05, 0.1) is 5.38 Å². The topological polar surface area (TPSA) is 94.8 Å². The maximum Gasteiger partial charge on any atom is 0.325 e. The molecule has 9 heavy (non-hydrogen) atoms. The van der Waals surface area contributed by atoms with Gasteiger partial charge in [0.2, 0.25) is 0 Å². The number of alkyl halides is 1. The molecule has 1 rings (SSSR count). The van der Waals surface area contributed by atoms with Crippen LogP contribution in [0.15, 0.2) is 0 Å². The Morgan fingerprint density at radius 3 is 2.22 bits per heavy atom. The lowest BCUT2D eigenvalue weighted by Gasteiger charge is -1.97. The highest BCUT2D eigenvalue weighted by Gasteiger charge is 2.56. The van der Waals surface area contributed by atoms with E-state index in [9.17, 15) is 4.79 Å². The minimum absolute atomic E-state index is 0. The standard InChI is InChI=1S/C4H6ClNO2.H2O/c5-2-1-4(2,6)3(7)8;/h2H,1,6H2,(H,7,8);1H2. The Hall–Kier alpha value is -0.320. The summed E-state index contributed by atoms with van der Waals surface area (Å²) < 4.78 is 0. The van der Waals surface area contributed by atoms with E-state index in [4.69, 9.17) is 22.4 Å². The number of hydrogen-bond donors (Lipinski definition) is 2. The molecule has 1 saturated carbocycles. The highest BCUT2D eigenvalue weighted by Crippen LogP contribution is 2.38. The minimum Gasteiger partial charge on any atom is -0.480 e. The average molecular weight is 154 g/mol. The van der Waals surface area contributed by atoms with E-state index in [1.165, 1.54) is 0 Å². The van der Waals surface area contributed by atoms with Gasteiger partial charge >= 0.3 is 5.97 Å². The molecule has 0 aromatic heterocycles. The van der Waals surface area contributed by atoms with Crippen molar-refractivity contribution in [2.45, 2.75) is 17.3 Å². The van der Waals surface area contributed by atoms with Gasteiger partial charge in [0.15, 0.2) is 0 Å². The number of halogens is 1. The van der Waals surface area contributed by atoms with Crippen LogP contribution in [-0.4, -0.2) is 27.5 Å². The van der Waals surface area contributed by atoms with E-state index < -0.39 is 11.5 Å². The highest BCUT2D eigenvalue weighted by atomic mass is 35.5. The van der Waals surface area contributed by atoms with E-state index in [0.29, 0.717) is 6.42 Å². The van der Waals surface area contributed by atoms with Crippen molar-refractivity contribution in [3.8, 4) is 0 Å². The second-order valence-electron chi connectivity index (χ2n) is 2.02. The molecule has 0 aromatic carbocycles. The van der Waals surface area contributed by atoms with Crippen molar-refractivity contribution in [3.63, 3.8) is 0 Å². The zero-order chi connectivity index (χ0) is 6.36. The molecule has 1 aliphatic rings. The Morgan fingerprint density at radius 2 is 2.22 bits per heavy atom. The van der Waals surface area contributed by atoms with Crippen LogP contribution in [0.3, 0.4) is 0 Å². The fourth-order valence-electron chi connectivity index (χ4n) is 0.459. The molecule has 0 bridgehead atoms. The van der Waals surface area contributed by atoms with E-state index in [0.717, 1.165) is 0 Å². The molecule has 0 radical (unpaired) electrons. The van der Waals surface area contributed by atoms with Crippen LogP contribution in [0.1, 0.15) is 6.42 Å². The monoisotopic (exact) mass is 153 g/mol. The molecule has 5 heteroatoms. The van der Waals surface area contributed by atoms with Crippen LogP contribution in [0.2, 0.25) is 0 Å². The summed E-state index contributed by atoms with van der Waals surface area (Å²) in [5.41, 5.74) is 4.09. The number of rotatable bonds is 1. The van der Waals surface area contributed by atoms with Gasteiger partial charge in [-0.2, -0.15) is 0 Å². The van der Waals surface area contributed by atoms with E-state index in [1.54, 1.807) is 0 Å². The predicted molar refractivity (Wildman–Crippen MR) is 32.4 cm³/mol. The van der Waals surface area contributed by atoms with Gasteiger partial charge in [0.25, 0.3) is 0 Å². The predicted octanol–water partition coefficient (Wildman–Crippen LogP) is -1.05. The zero-order valence-corrected chi connectivity index (χ0v) is 5.35. The third-order valence-electron chi connectivity index (χ3n) is 1.31. The fraction of sp³-hybridized carbons (Fsp3) is 0.750. The summed E-state index contributed by atoms with van der Waals surface area (Å²) in [4.78, 5) is 10.1. The second kappa shape index (κ2) is 2.13. The average Bonchev–Trinajstić information content (AvgIpc) is 2.17. The lowest BCUT2D eigenvalue weighted by molar-refractivity contribution is -0.139. The van der Waals surface area contributed by atoms with Crippen molar-refractivity contribution >= 4 is 17.6 Å². The van der Waals surface area contributed by atoms with Crippen LogP contribution in [0, 0.1) is 0 Å². The molecule has 2 unspecified atom stereocenters. The van der Waals surface area contributed by atoms with Crippen molar-refractivity contribution in [1.29, 1.82) is 0 Å². The van der Waals surface area contributed by atoms with E-state index >= 15 is 0 Å². The second-order valence-corrected chi connectivity index (χ2v) is 2.54. The summed E-state index contributed by atoms with van der Waals surface area (Å²) in [5, 5.41) is 7.91. The fourth-order valence-corrected chi connectivity index (χ4v) is 0.808. The van der Waals surface area contributed by atoms with Crippen LogP contribution in [0.25, 0.3) is 0 Å². The maximum atomic E-state index is 10.1. The van der Waals surface area contributed by atoms with Gasteiger partial charge in [-0.1, -0.05) is 0 Å². The van der Waals surface area contributed by atoms with Crippen molar-refractivity contribution in [2.24, 2.45) is 5.73 Å². The lowest BCUT2D eigenvalue weighted by Crippen LogP contribution is -2.35. The van der Waals surface area contributed by atoms with Crippen molar-refractivity contribution in [1.82, 2.24) is 0 Å². The third-order valence-corrected chi connectivity index (χ3v) is 1.86. The summed E-state index contributed by atoms with van der Waals surface area (Å²) >= 11 is 5.38. The third kappa shape index (κ3) is 1.15. The lowest BCUT2D eigenvalue weighted by atomic mass is 10.3. The Balaban J connectivity index is 0.000000640. The highest BCUT2D eigenvalue weighted by molar-refractivity contribution is 6.26. The van der Waals surface area contributed by atoms with E-state index in [2.05, 4.69) is 0 Å². The summed E-state index contributed by atoms with van der Waals surface area (Å²) in [5.74, 6) is -1.00. The molecule has 54 valence electrons. The normalized spacial score (nSPS) is 39.1. The minimum atomic E-state index is -1.11. The molecular weight excluding hydrogens is 146 g/mol. The molecule has 0 aliphatic heterocycles. The molecule has 0 saturated heterocycles. The Labute approximate surface area is 56.9 Å². The SMILES string of the molecule is NC1(C(=O)O)CC1Cl.O. The molecule has 2 atom stereocenters. The first-order valence-corrected chi connectivity index (χ1v) is 2.67. The first-order chi connectivity index (χ1) is 3.57. The first-order valence-electron chi connectivity index (χ1n) is 2.24. The molecule has 0 amide bonds. The summed E-state index contributed by atoms with van der Waals surface area (Å²) in [6, 6.07) is 0. The maximum absolute atomic E-state index is 10.1. The molecule has 1 aliphatic carbocycles. The molecule has 0 heterocycles. The van der Waals surface area contributed by atoms with Gasteiger partial charge in [-0.25, -0.2) is 0 Å². The summed E-state index contributed by atoms with van der Waals surface area (Å²) in [6.45, 7) is 0. The first kappa shape index (κ1) is 8.68. The van der Waals surface area contributed by atoms with Crippen LogP contribution >= 0.6 is 11.6 Å². The summed E-state index contributed by atoms with van der Waals surface area (Å²) in [7, 11) is 0. The van der Waals surface area contributed by atoms with Crippen LogP contribution in [0.5, 0.6) is 0 Å². The largest absolute Gasteiger partial charge is 0.480 e. The molecule has 4 nitrogen and oxygen atoms in total. The Bertz CT molecular complexity index is 140. The number of carbonyl (C=O) groups is 1. The van der Waals surface area contributed by atoms with Gasteiger partial charge in [-0.05, 0) is 6.42 Å². The molecule has 1 fully saturated rings. The smallest absolute Gasteiger partial charge is 0.325 e. The number of carboxylic acids is 1. The van der Waals surface area contributed by atoms with Gasteiger partial charge in [0, 0.05) is 0 Å².